The molecule has 0 aliphatic carbocycles. The highest BCUT2D eigenvalue weighted by Crippen LogP contribution is 2.37. The summed E-state index contributed by atoms with van der Waals surface area (Å²) >= 11 is 14.6. The molecular weight excluding hydrogens is 579 g/mol. The van der Waals surface area contributed by atoms with Crippen molar-refractivity contribution in [3.63, 3.8) is 0 Å². The van der Waals surface area contributed by atoms with E-state index in [2.05, 4.69) is 15.5 Å². The Morgan fingerprint density at radius 3 is 2.51 bits per heavy atom. The van der Waals surface area contributed by atoms with Gasteiger partial charge in [-0.15, -0.1) is 11.3 Å². The summed E-state index contributed by atoms with van der Waals surface area (Å²) in [5.74, 6) is -0.740. The first-order chi connectivity index (χ1) is 18.9. The maximum atomic E-state index is 12.8. The van der Waals surface area contributed by atoms with Crippen LogP contribution in [0.2, 0.25) is 10.0 Å². The van der Waals surface area contributed by atoms with Crippen molar-refractivity contribution in [1.29, 1.82) is 0 Å². The van der Waals surface area contributed by atoms with Crippen molar-refractivity contribution in [2.45, 2.75) is 9.43 Å². The summed E-state index contributed by atoms with van der Waals surface area (Å²) in [5.41, 5.74) is 4.67. The van der Waals surface area contributed by atoms with Gasteiger partial charge in [-0.1, -0.05) is 35.3 Å². The zero-order valence-corrected chi connectivity index (χ0v) is 22.7. The third-order valence-electron chi connectivity index (χ3n) is 5.73. The maximum Gasteiger partial charge on any atom is 0.272 e. The fourth-order valence-electron chi connectivity index (χ4n) is 3.93. The number of carbonyl (C=O) groups is 3. The molecule has 3 aromatic carbocycles. The van der Waals surface area contributed by atoms with Gasteiger partial charge >= 0.3 is 0 Å². The van der Waals surface area contributed by atoms with Gasteiger partial charge in [0.15, 0.2) is 9.43 Å². The van der Waals surface area contributed by atoms with Gasteiger partial charge in [-0.3, -0.25) is 14.4 Å². The number of carbonyl (C=O) groups excluding carboxylic acids is 3. The third-order valence-corrected chi connectivity index (χ3v) is 8.28. The highest BCUT2D eigenvalue weighted by molar-refractivity contribution is 8.01. The van der Waals surface area contributed by atoms with E-state index in [1.165, 1.54) is 46.3 Å². The average molecular weight is 593 g/mol. The zero-order chi connectivity index (χ0) is 27.1. The number of fused-ring (bicyclic) bond motifs is 2. The minimum absolute atomic E-state index is 0.221. The quantitative estimate of drug-likeness (QED) is 0.130. The molecule has 0 unspecified atom stereocenters. The minimum Gasteiger partial charge on any atom is -0.448 e. The molecule has 0 radical (unpaired) electrons. The Kier molecular flexibility index (Phi) is 6.69. The van der Waals surface area contributed by atoms with E-state index in [4.69, 9.17) is 27.6 Å². The van der Waals surface area contributed by atoms with E-state index in [0.717, 1.165) is 10.2 Å². The van der Waals surface area contributed by atoms with Crippen molar-refractivity contribution in [3.05, 3.63) is 105 Å². The van der Waals surface area contributed by atoms with Gasteiger partial charge in [-0.2, -0.15) is 5.10 Å². The van der Waals surface area contributed by atoms with Crippen molar-refractivity contribution < 1.29 is 18.8 Å². The summed E-state index contributed by atoms with van der Waals surface area (Å²) in [7, 11) is 0. The normalized spacial score (nSPS) is 13.0. The van der Waals surface area contributed by atoms with E-state index in [0.29, 0.717) is 37.0 Å². The lowest BCUT2D eigenvalue weighted by Gasteiger charge is -2.13. The van der Waals surface area contributed by atoms with E-state index in [9.17, 15) is 14.4 Å². The zero-order valence-electron chi connectivity index (χ0n) is 19.6. The molecule has 1 N–H and O–H groups in total. The molecule has 3 amide bonds. The molecular formula is C27H14Cl2N4O4S2. The molecule has 2 aromatic heterocycles. The largest absolute Gasteiger partial charge is 0.448 e. The van der Waals surface area contributed by atoms with Gasteiger partial charge in [0.1, 0.15) is 5.76 Å². The second kappa shape index (κ2) is 10.3. The molecule has 5 aromatic rings. The Morgan fingerprint density at radius 2 is 1.77 bits per heavy atom. The van der Waals surface area contributed by atoms with Crippen molar-refractivity contribution in [2.75, 3.05) is 4.90 Å². The number of halogens is 2. The molecule has 0 bridgehead atoms. The summed E-state index contributed by atoms with van der Waals surface area (Å²) in [4.78, 5) is 43.7. The smallest absolute Gasteiger partial charge is 0.272 e. The highest BCUT2D eigenvalue weighted by Gasteiger charge is 2.36. The summed E-state index contributed by atoms with van der Waals surface area (Å²) < 4.78 is 7.31. The molecule has 3 heterocycles. The predicted molar refractivity (Wildman–Crippen MR) is 152 cm³/mol. The number of rotatable bonds is 6. The van der Waals surface area contributed by atoms with Gasteiger partial charge in [0.2, 0.25) is 0 Å². The average Bonchev–Trinajstić information content (AvgIpc) is 3.60. The summed E-state index contributed by atoms with van der Waals surface area (Å²) in [6.07, 6.45) is 1.37. The van der Waals surface area contributed by atoms with Crippen molar-refractivity contribution in [1.82, 2.24) is 10.4 Å². The number of hydrogen-bond donors (Lipinski definition) is 1. The van der Waals surface area contributed by atoms with Crippen LogP contribution < -0.4 is 10.3 Å². The van der Waals surface area contributed by atoms with Crippen LogP contribution in [0.4, 0.5) is 5.69 Å². The Morgan fingerprint density at radius 1 is 1.00 bits per heavy atom. The molecule has 1 aliphatic rings. The van der Waals surface area contributed by atoms with Crippen LogP contribution >= 0.6 is 46.3 Å². The van der Waals surface area contributed by atoms with E-state index >= 15 is 0 Å². The Hall–Kier alpha value is -3.96. The minimum atomic E-state index is -0.482. The number of imide groups is 1. The molecule has 39 heavy (non-hydrogen) atoms. The molecule has 12 heteroatoms. The third kappa shape index (κ3) is 4.95. The van der Waals surface area contributed by atoms with Crippen molar-refractivity contribution in [2.24, 2.45) is 5.10 Å². The molecule has 0 saturated heterocycles. The number of nitrogens with one attached hydrogen (secondary N) is 1. The monoisotopic (exact) mass is 592 g/mol. The lowest BCUT2D eigenvalue weighted by Crippen LogP contribution is -2.29. The molecule has 8 nitrogen and oxygen atoms in total. The van der Waals surface area contributed by atoms with Crippen LogP contribution in [-0.2, 0) is 0 Å². The van der Waals surface area contributed by atoms with E-state index in [-0.39, 0.29) is 22.4 Å². The Labute approximate surface area is 239 Å². The highest BCUT2D eigenvalue weighted by atomic mass is 35.5. The number of amides is 3. The van der Waals surface area contributed by atoms with Gasteiger partial charge in [0, 0.05) is 5.02 Å². The Bertz CT molecular complexity index is 1800. The summed E-state index contributed by atoms with van der Waals surface area (Å²) in [5, 5.41) is 5.14. The van der Waals surface area contributed by atoms with Gasteiger partial charge < -0.3 is 4.42 Å². The number of furan rings is 1. The van der Waals surface area contributed by atoms with Gasteiger partial charge in [-0.25, -0.2) is 15.3 Å². The van der Waals surface area contributed by atoms with Crippen LogP contribution in [0, 0.1) is 0 Å². The lowest BCUT2D eigenvalue weighted by molar-refractivity contribution is 0.0922. The van der Waals surface area contributed by atoms with Crippen molar-refractivity contribution >= 4 is 86.1 Å². The van der Waals surface area contributed by atoms with E-state index < -0.39 is 5.91 Å². The number of anilines is 1. The molecule has 0 atom stereocenters. The Balaban J connectivity index is 1.14. The number of aromatic nitrogens is 1. The van der Waals surface area contributed by atoms with Gasteiger partial charge in [0.25, 0.3) is 17.7 Å². The van der Waals surface area contributed by atoms with Crippen LogP contribution in [0.3, 0.4) is 0 Å². The number of thiazole rings is 1. The first-order valence-corrected chi connectivity index (χ1v) is 13.7. The van der Waals surface area contributed by atoms with Crippen LogP contribution in [-0.4, -0.2) is 28.9 Å². The van der Waals surface area contributed by atoms with Crippen LogP contribution in [0.5, 0.6) is 0 Å². The molecule has 0 spiro atoms. The van der Waals surface area contributed by atoms with Gasteiger partial charge in [0.05, 0.1) is 43.8 Å². The standard InChI is InChI=1S/C27H14Cl2N4O4S2/c28-14-5-8-19(20(29)11-14)24(34)32-30-13-16-7-10-23(37-16)39-27-31-21-9-6-15(12-22(21)38-27)33-25(35)17-3-1-2-4-18(17)26(33)36/h1-13H,(H,32,34)/b30-13-. The van der Waals surface area contributed by atoms with Crippen LogP contribution in [0.1, 0.15) is 36.8 Å². The molecule has 1 aliphatic heterocycles. The first kappa shape index (κ1) is 25.3. The van der Waals surface area contributed by atoms with Crippen molar-refractivity contribution in [3.8, 4) is 0 Å². The number of nitrogens with zero attached hydrogens (tertiary/aromatic N) is 3. The van der Waals surface area contributed by atoms with E-state index in [1.54, 1.807) is 60.7 Å². The van der Waals surface area contributed by atoms with E-state index in [1.807, 2.05) is 0 Å². The second-order valence-electron chi connectivity index (χ2n) is 8.21. The fraction of sp³-hybridized carbons (Fsp3) is 0. The number of hydrazone groups is 1. The molecule has 0 fully saturated rings. The maximum absolute atomic E-state index is 12.8. The van der Waals surface area contributed by atoms with Crippen LogP contribution in [0.15, 0.2) is 91.7 Å². The summed E-state index contributed by atoms with van der Waals surface area (Å²) in [6.45, 7) is 0. The van der Waals surface area contributed by atoms with Gasteiger partial charge in [-0.05, 0) is 72.4 Å². The van der Waals surface area contributed by atoms with Crippen LogP contribution in [0.25, 0.3) is 10.2 Å². The predicted octanol–water partition coefficient (Wildman–Crippen LogP) is 6.91. The topological polar surface area (TPSA) is 105 Å². The lowest BCUT2D eigenvalue weighted by atomic mass is 10.1. The SMILES string of the molecule is O=C(N/N=C\c1ccc(Sc2nc3ccc(N4C(=O)c5ccccc5C4=O)cc3s2)o1)c1ccc(Cl)cc1Cl. The number of hydrogen-bond acceptors (Lipinski definition) is 8. The first-order valence-electron chi connectivity index (χ1n) is 11.3. The molecule has 6 rings (SSSR count). The second-order valence-corrected chi connectivity index (χ2v) is 11.3. The molecule has 192 valence electrons. The molecule has 0 saturated carbocycles. The summed E-state index contributed by atoms with van der Waals surface area (Å²) in [6, 6.07) is 20.1. The number of benzene rings is 3. The fourth-order valence-corrected chi connectivity index (χ4v) is 6.43.